The first-order valence-corrected chi connectivity index (χ1v) is 10.0. The van der Waals surface area contributed by atoms with Crippen LogP contribution in [0.15, 0.2) is 21.5 Å². The Morgan fingerprint density at radius 2 is 1.74 bits per heavy atom. The van der Waals surface area contributed by atoms with Gasteiger partial charge < -0.3 is 9.47 Å². The number of sulfonamides is 1. The molecule has 0 bridgehead atoms. The van der Waals surface area contributed by atoms with Crippen LogP contribution in [0.1, 0.15) is 33.1 Å². The van der Waals surface area contributed by atoms with Gasteiger partial charge in [0.2, 0.25) is 10.0 Å². The van der Waals surface area contributed by atoms with Crippen molar-refractivity contribution in [2.75, 3.05) is 14.2 Å². The van der Waals surface area contributed by atoms with Crippen molar-refractivity contribution in [2.45, 2.75) is 44.0 Å². The molecule has 0 spiro atoms. The summed E-state index contributed by atoms with van der Waals surface area (Å²) in [6.07, 6.45) is 3.07. The molecular weight excluding hydrogens is 382 g/mol. The van der Waals surface area contributed by atoms with Gasteiger partial charge in [0, 0.05) is 16.6 Å². The van der Waals surface area contributed by atoms with Crippen LogP contribution in [0.25, 0.3) is 0 Å². The second-order valence-corrected chi connectivity index (χ2v) is 8.67. The van der Waals surface area contributed by atoms with Crippen LogP contribution < -0.4 is 14.2 Å². The van der Waals surface area contributed by atoms with Gasteiger partial charge in [0.15, 0.2) is 11.5 Å². The van der Waals surface area contributed by atoms with Gasteiger partial charge in [-0.25, -0.2) is 13.1 Å². The molecule has 0 aromatic heterocycles. The Hall–Kier alpha value is -0.790. The molecule has 7 heteroatoms. The van der Waals surface area contributed by atoms with Gasteiger partial charge >= 0.3 is 0 Å². The van der Waals surface area contributed by atoms with Crippen molar-refractivity contribution < 1.29 is 17.9 Å². The van der Waals surface area contributed by atoms with Gasteiger partial charge in [-0.05, 0) is 40.3 Å². The highest BCUT2D eigenvalue weighted by Crippen LogP contribution is 2.36. The lowest BCUT2D eigenvalue weighted by Crippen LogP contribution is -2.43. The van der Waals surface area contributed by atoms with Gasteiger partial charge in [0.25, 0.3) is 0 Å². The SMILES string of the molecule is COc1cc(Br)c(S(=O)(=O)N[C@H]2CCC[C@@H](C)[C@H]2C)cc1OC. The van der Waals surface area contributed by atoms with E-state index in [0.717, 1.165) is 19.3 Å². The molecule has 0 radical (unpaired) electrons. The zero-order chi connectivity index (χ0) is 17.2. The minimum Gasteiger partial charge on any atom is -0.493 e. The third-order valence-corrected chi connectivity index (χ3v) is 7.19. The number of ether oxygens (including phenoxy) is 2. The molecule has 1 fully saturated rings. The van der Waals surface area contributed by atoms with E-state index in [2.05, 4.69) is 34.5 Å². The van der Waals surface area contributed by atoms with Gasteiger partial charge in [0.1, 0.15) is 4.90 Å². The van der Waals surface area contributed by atoms with Crippen LogP contribution in [0.3, 0.4) is 0 Å². The third-order valence-electron chi connectivity index (χ3n) is 4.74. The zero-order valence-corrected chi connectivity index (χ0v) is 16.3. The second-order valence-electron chi connectivity index (χ2n) is 6.13. The summed E-state index contributed by atoms with van der Waals surface area (Å²) in [7, 11) is -0.635. The van der Waals surface area contributed by atoms with Crippen molar-refractivity contribution in [3.05, 3.63) is 16.6 Å². The van der Waals surface area contributed by atoms with Crippen molar-refractivity contribution in [3.8, 4) is 11.5 Å². The lowest BCUT2D eigenvalue weighted by atomic mass is 9.78. The van der Waals surface area contributed by atoms with E-state index in [1.807, 2.05) is 0 Å². The molecule has 1 N–H and O–H groups in total. The van der Waals surface area contributed by atoms with Crippen LogP contribution >= 0.6 is 15.9 Å². The summed E-state index contributed by atoms with van der Waals surface area (Å²) in [5.74, 6) is 1.71. The lowest BCUT2D eigenvalue weighted by molar-refractivity contribution is 0.227. The van der Waals surface area contributed by atoms with E-state index in [4.69, 9.17) is 9.47 Å². The van der Waals surface area contributed by atoms with Crippen LogP contribution in [0.2, 0.25) is 0 Å². The molecule has 0 aliphatic heterocycles. The lowest BCUT2D eigenvalue weighted by Gasteiger charge is -2.34. The smallest absolute Gasteiger partial charge is 0.242 e. The molecule has 23 heavy (non-hydrogen) atoms. The van der Waals surface area contributed by atoms with E-state index in [0.29, 0.717) is 27.8 Å². The minimum atomic E-state index is -3.64. The Balaban J connectivity index is 2.32. The summed E-state index contributed by atoms with van der Waals surface area (Å²) >= 11 is 3.32. The largest absolute Gasteiger partial charge is 0.493 e. The summed E-state index contributed by atoms with van der Waals surface area (Å²) in [4.78, 5) is 0.167. The zero-order valence-electron chi connectivity index (χ0n) is 13.9. The Bertz CT molecular complexity index is 662. The molecule has 1 aliphatic rings. The van der Waals surface area contributed by atoms with Crippen molar-refractivity contribution >= 4 is 26.0 Å². The number of hydrogen-bond donors (Lipinski definition) is 1. The standard InChI is InChI=1S/C16H24BrNO4S/c1-10-6-5-7-13(11(10)2)18-23(19,20)16-9-15(22-4)14(21-3)8-12(16)17/h8-11,13,18H,5-7H2,1-4H3/t10-,11-,13+/m1/s1. The van der Waals surface area contributed by atoms with Crippen LogP contribution in [0.4, 0.5) is 0 Å². The molecular formula is C16H24BrNO4S. The highest BCUT2D eigenvalue weighted by Gasteiger charge is 2.32. The molecule has 130 valence electrons. The average molecular weight is 406 g/mol. The normalized spacial score (nSPS) is 25.2. The third kappa shape index (κ3) is 4.00. The molecule has 0 saturated heterocycles. The van der Waals surface area contributed by atoms with Crippen molar-refractivity contribution in [3.63, 3.8) is 0 Å². The Kier molecular flexibility index (Phi) is 5.97. The quantitative estimate of drug-likeness (QED) is 0.812. The summed E-state index contributed by atoms with van der Waals surface area (Å²) in [5.41, 5.74) is 0. The van der Waals surface area contributed by atoms with Gasteiger partial charge in [-0.2, -0.15) is 0 Å². The summed E-state index contributed by atoms with van der Waals surface area (Å²) in [6, 6.07) is 3.06. The number of hydrogen-bond acceptors (Lipinski definition) is 4. The first-order valence-electron chi connectivity index (χ1n) is 7.74. The fourth-order valence-electron chi connectivity index (χ4n) is 3.05. The summed E-state index contributed by atoms with van der Waals surface area (Å²) in [5, 5.41) is 0. The predicted molar refractivity (Wildman–Crippen MR) is 93.5 cm³/mol. The van der Waals surface area contributed by atoms with E-state index in [1.54, 1.807) is 6.07 Å². The second kappa shape index (κ2) is 7.40. The van der Waals surface area contributed by atoms with E-state index in [-0.39, 0.29) is 10.9 Å². The molecule has 5 nitrogen and oxygen atoms in total. The Labute approximate surface area is 146 Å². The molecule has 1 saturated carbocycles. The van der Waals surface area contributed by atoms with E-state index in [9.17, 15) is 8.42 Å². The number of rotatable bonds is 5. The number of benzene rings is 1. The van der Waals surface area contributed by atoms with Crippen LogP contribution in [0, 0.1) is 11.8 Å². The maximum absolute atomic E-state index is 12.8. The van der Waals surface area contributed by atoms with Crippen molar-refractivity contribution in [1.29, 1.82) is 0 Å². The molecule has 1 aliphatic carbocycles. The van der Waals surface area contributed by atoms with Gasteiger partial charge in [0.05, 0.1) is 14.2 Å². The molecule has 2 rings (SSSR count). The Morgan fingerprint density at radius 1 is 1.13 bits per heavy atom. The molecule has 1 aromatic rings. The van der Waals surface area contributed by atoms with Gasteiger partial charge in [-0.3, -0.25) is 0 Å². The van der Waals surface area contributed by atoms with Crippen LogP contribution in [-0.2, 0) is 10.0 Å². The molecule has 0 amide bonds. The predicted octanol–water partition coefficient (Wildman–Crippen LogP) is 3.57. The van der Waals surface area contributed by atoms with E-state index >= 15 is 0 Å². The summed E-state index contributed by atoms with van der Waals surface area (Å²) < 4.78 is 39.3. The molecule has 0 heterocycles. The van der Waals surface area contributed by atoms with Crippen LogP contribution in [0.5, 0.6) is 11.5 Å². The van der Waals surface area contributed by atoms with Gasteiger partial charge in [-0.15, -0.1) is 0 Å². The number of methoxy groups -OCH3 is 2. The number of nitrogens with one attached hydrogen (secondary N) is 1. The van der Waals surface area contributed by atoms with Crippen molar-refractivity contribution in [2.24, 2.45) is 11.8 Å². The first kappa shape index (κ1) is 18.5. The average Bonchev–Trinajstić information content (AvgIpc) is 2.51. The maximum atomic E-state index is 12.8. The number of halogens is 1. The summed E-state index contributed by atoms with van der Waals surface area (Å²) in [6.45, 7) is 4.29. The van der Waals surface area contributed by atoms with Crippen molar-refractivity contribution in [1.82, 2.24) is 4.72 Å². The molecule has 1 aromatic carbocycles. The Morgan fingerprint density at radius 3 is 2.35 bits per heavy atom. The van der Waals surface area contributed by atoms with E-state index in [1.165, 1.54) is 20.3 Å². The highest BCUT2D eigenvalue weighted by atomic mass is 79.9. The fourth-order valence-corrected chi connectivity index (χ4v) is 5.45. The fraction of sp³-hybridized carbons (Fsp3) is 0.625. The monoisotopic (exact) mass is 405 g/mol. The molecule has 3 atom stereocenters. The topological polar surface area (TPSA) is 64.6 Å². The maximum Gasteiger partial charge on any atom is 0.242 e. The molecule has 0 unspecified atom stereocenters. The highest BCUT2D eigenvalue weighted by molar-refractivity contribution is 9.10. The van der Waals surface area contributed by atoms with Gasteiger partial charge in [-0.1, -0.05) is 26.7 Å². The minimum absolute atomic E-state index is 0.0382. The van der Waals surface area contributed by atoms with E-state index < -0.39 is 10.0 Å². The van der Waals surface area contributed by atoms with Crippen LogP contribution in [-0.4, -0.2) is 28.7 Å². The first-order chi connectivity index (χ1) is 10.8.